The fraction of sp³-hybridized carbons (Fsp3) is 0.154. The minimum Gasteiger partial charge on any atom is -0.462 e. The number of carbonyl (C=O) groups is 1. The summed E-state index contributed by atoms with van der Waals surface area (Å²) in [5.74, 6) is -0.381. The molecule has 0 bridgehead atoms. The van der Waals surface area contributed by atoms with Crippen molar-refractivity contribution in [1.82, 2.24) is 4.98 Å². The van der Waals surface area contributed by atoms with E-state index in [1.165, 1.54) is 0 Å². The van der Waals surface area contributed by atoms with Crippen molar-refractivity contribution in [1.29, 1.82) is 0 Å². The van der Waals surface area contributed by atoms with Crippen LogP contribution in [0.4, 0.5) is 0 Å². The van der Waals surface area contributed by atoms with Gasteiger partial charge in [-0.2, -0.15) is 0 Å². The van der Waals surface area contributed by atoms with Gasteiger partial charge in [0.05, 0.1) is 17.9 Å². The van der Waals surface area contributed by atoms with Crippen LogP contribution in [-0.4, -0.2) is 17.6 Å². The van der Waals surface area contributed by atoms with E-state index in [0.29, 0.717) is 17.9 Å². The second-order valence-corrected chi connectivity index (χ2v) is 3.47. The van der Waals surface area contributed by atoms with Gasteiger partial charge in [-0.3, -0.25) is 0 Å². The Morgan fingerprint density at radius 1 is 1.44 bits per heavy atom. The Balaban J connectivity index is 2.33. The number of hydrogen-bond donors (Lipinski definition) is 1. The SMILES string of the molecule is C=C(C(=O)OCC)c1cc2ccccc2[nH]1. The van der Waals surface area contributed by atoms with Crippen molar-refractivity contribution in [3.63, 3.8) is 0 Å². The van der Waals surface area contributed by atoms with Crippen LogP contribution in [0, 0.1) is 0 Å². The quantitative estimate of drug-likeness (QED) is 0.631. The number of H-pyrrole nitrogens is 1. The zero-order valence-corrected chi connectivity index (χ0v) is 9.12. The Kier molecular flexibility index (Phi) is 2.77. The largest absolute Gasteiger partial charge is 0.462 e. The van der Waals surface area contributed by atoms with E-state index in [9.17, 15) is 4.79 Å². The highest BCUT2D eigenvalue weighted by Crippen LogP contribution is 2.20. The molecule has 16 heavy (non-hydrogen) atoms. The van der Waals surface area contributed by atoms with Crippen LogP contribution in [0.25, 0.3) is 16.5 Å². The Labute approximate surface area is 93.7 Å². The molecule has 3 nitrogen and oxygen atoms in total. The number of rotatable bonds is 3. The average Bonchev–Trinajstić information content (AvgIpc) is 2.71. The summed E-state index contributed by atoms with van der Waals surface area (Å²) >= 11 is 0. The van der Waals surface area contributed by atoms with Crippen molar-refractivity contribution in [2.75, 3.05) is 6.61 Å². The lowest BCUT2D eigenvalue weighted by Gasteiger charge is -2.02. The average molecular weight is 215 g/mol. The summed E-state index contributed by atoms with van der Waals surface area (Å²) in [6, 6.07) is 9.72. The zero-order valence-electron chi connectivity index (χ0n) is 9.12. The van der Waals surface area contributed by atoms with E-state index in [4.69, 9.17) is 4.74 Å². The molecule has 0 unspecified atom stereocenters. The van der Waals surface area contributed by atoms with Gasteiger partial charge in [-0.05, 0) is 19.1 Å². The summed E-state index contributed by atoms with van der Waals surface area (Å²) in [7, 11) is 0. The topological polar surface area (TPSA) is 42.1 Å². The lowest BCUT2D eigenvalue weighted by Crippen LogP contribution is -2.05. The summed E-state index contributed by atoms with van der Waals surface area (Å²) < 4.78 is 4.90. The highest BCUT2D eigenvalue weighted by Gasteiger charge is 2.12. The molecule has 0 aliphatic rings. The predicted octanol–water partition coefficient (Wildman–Crippen LogP) is 2.74. The van der Waals surface area contributed by atoms with Gasteiger partial charge in [-0.25, -0.2) is 4.79 Å². The maximum absolute atomic E-state index is 11.5. The first kappa shape index (κ1) is 10.5. The molecule has 0 aliphatic heterocycles. The van der Waals surface area contributed by atoms with Crippen molar-refractivity contribution >= 4 is 22.4 Å². The number of aromatic amines is 1. The molecule has 1 aromatic carbocycles. The minimum absolute atomic E-state index is 0.359. The predicted molar refractivity (Wildman–Crippen MR) is 64.0 cm³/mol. The molecule has 0 atom stereocenters. The Bertz CT molecular complexity index is 507. The summed E-state index contributed by atoms with van der Waals surface area (Å²) in [4.78, 5) is 14.6. The molecule has 0 spiro atoms. The molecular weight excluding hydrogens is 202 g/mol. The van der Waals surface area contributed by atoms with Crippen molar-refractivity contribution in [2.45, 2.75) is 6.92 Å². The summed E-state index contributed by atoms with van der Waals surface area (Å²) in [5, 5.41) is 1.06. The standard InChI is InChI=1S/C13H13NO2/c1-3-16-13(15)9(2)12-8-10-6-4-5-7-11(10)14-12/h4-8,14H,2-3H2,1H3. The number of hydrogen-bond acceptors (Lipinski definition) is 2. The van der Waals surface area contributed by atoms with Gasteiger partial charge in [-0.1, -0.05) is 24.8 Å². The summed E-state index contributed by atoms with van der Waals surface area (Å²) in [5.41, 5.74) is 2.06. The molecule has 0 amide bonds. The first-order valence-corrected chi connectivity index (χ1v) is 5.16. The number of esters is 1. The fourth-order valence-electron chi connectivity index (χ4n) is 1.56. The van der Waals surface area contributed by atoms with Crippen LogP contribution in [0.15, 0.2) is 36.9 Å². The van der Waals surface area contributed by atoms with Gasteiger partial charge >= 0.3 is 5.97 Å². The molecule has 0 saturated carbocycles. The molecular formula is C13H13NO2. The van der Waals surface area contributed by atoms with Gasteiger partial charge in [0, 0.05) is 10.9 Å². The molecule has 1 heterocycles. The molecule has 2 rings (SSSR count). The number of ether oxygens (including phenoxy) is 1. The first-order chi connectivity index (χ1) is 7.72. The van der Waals surface area contributed by atoms with Gasteiger partial charge in [-0.15, -0.1) is 0 Å². The van der Waals surface area contributed by atoms with Crippen molar-refractivity contribution in [3.05, 3.63) is 42.6 Å². The lowest BCUT2D eigenvalue weighted by molar-refractivity contribution is -0.136. The maximum atomic E-state index is 11.5. The molecule has 0 radical (unpaired) electrons. The van der Waals surface area contributed by atoms with E-state index in [1.54, 1.807) is 6.92 Å². The number of fused-ring (bicyclic) bond motifs is 1. The molecule has 0 saturated heterocycles. The fourth-order valence-corrected chi connectivity index (χ4v) is 1.56. The van der Waals surface area contributed by atoms with Crippen LogP contribution < -0.4 is 0 Å². The second kappa shape index (κ2) is 4.23. The molecule has 1 aromatic heterocycles. The maximum Gasteiger partial charge on any atom is 0.339 e. The third kappa shape index (κ3) is 1.84. The van der Waals surface area contributed by atoms with E-state index < -0.39 is 0 Å². The van der Waals surface area contributed by atoms with Crippen molar-refractivity contribution in [3.8, 4) is 0 Å². The Hall–Kier alpha value is -2.03. The Morgan fingerprint density at radius 3 is 2.88 bits per heavy atom. The van der Waals surface area contributed by atoms with Crippen LogP contribution in [0.1, 0.15) is 12.6 Å². The third-order valence-electron chi connectivity index (χ3n) is 2.38. The van der Waals surface area contributed by atoms with E-state index in [1.807, 2.05) is 30.3 Å². The highest BCUT2D eigenvalue weighted by molar-refractivity contribution is 6.15. The van der Waals surface area contributed by atoms with E-state index in [-0.39, 0.29) is 5.97 Å². The number of nitrogens with one attached hydrogen (secondary N) is 1. The van der Waals surface area contributed by atoms with Gasteiger partial charge in [0.15, 0.2) is 0 Å². The number of para-hydroxylation sites is 1. The number of benzene rings is 1. The molecule has 1 N–H and O–H groups in total. The van der Waals surface area contributed by atoms with Gasteiger partial charge in [0.1, 0.15) is 0 Å². The molecule has 2 aromatic rings. The monoisotopic (exact) mass is 215 g/mol. The van der Waals surface area contributed by atoms with Gasteiger partial charge in [0.25, 0.3) is 0 Å². The minimum atomic E-state index is -0.381. The molecule has 82 valence electrons. The normalized spacial score (nSPS) is 10.3. The van der Waals surface area contributed by atoms with E-state index in [0.717, 1.165) is 10.9 Å². The molecule has 0 aliphatic carbocycles. The van der Waals surface area contributed by atoms with Crippen LogP contribution in [-0.2, 0) is 9.53 Å². The van der Waals surface area contributed by atoms with Crippen LogP contribution in [0.2, 0.25) is 0 Å². The summed E-state index contributed by atoms with van der Waals surface area (Å²) in [6.45, 7) is 5.87. The van der Waals surface area contributed by atoms with Crippen LogP contribution in [0.5, 0.6) is 0 Å². The molecule has 0 fully saturated rings. The van der Waals surface area contributed by atoms with Gasteiger partial charge in [0.2, 0.25) is 0 Å². The molecule has 3 heteroatoms. The second-order valence-electron chi connectivity index (χ2n) is 3.47. The number of aromatic nitrogens is 1. The van der Waals surface area contributed by atoms with Crippen molar-refractivity contribution in [2.24, 2.45) is 0 Å². The van der Waals surface area contributed by atoms with Crippen LogP contribution >= 0.6 is 0 Å². The van der Waals surface area contributed by atoms with Crippen LogP contribution in [0.3, 0.4) is 0 Å². The number of carbonyl (C=O) groups excluding carboxylic acids is 1. The third-order valence-corrected chi connectivity index (χ3v) is 2.38. The Morgan fingerprint density at radius 2 is 2.19 bits per heavy atom. The lowest BCUT2D eigenvalue weighted by atomic mass is 10.2. The van der Waals surface area contributed by atoms with Crippen molar-refractivity contribution < 1.29 is 9.53 Å². The summed E-state index contributed by atoms with van der Waals surface area (Å²) in [6.07, 6.45) is 0. The van der Waals surface area contributed by atoms with E-state index >= 15 is 0 Å². The smallest absolute Gasteiger partial charge is 0.339 e. The first-order valence-electron chi connectivity index (χ1n) is 5.16. The van der Waals surface area contributed by atoms with Gasteiger partial charge < -0.3 is 9.72 Å². The van der Waals surface area contributed by atoms with E-state index in [2.05, 4.69) is 11.6 Å². The highest BCUT2D eigenvalue weighted by atomic mass is 16.5. The zero-order chi connectivity index (χ0) is 11.5.